The number of nitrogens with zero attached hydrogens (tertiary/aromatic N) is 5. The lowest BCUT2D eigenvalue weighted by molar-refractivity contribution is -0.130. The van der Waals surface area contributed by atoms with Crippen LogP contribution in [0.25, 0.3) is 11.3 Å². The van der Waals surface area contributed by atoms with Crippen LogP contribution in [0.4, 0.5) is 15.9 Å². The topological polar surface area (TPSA) is 124 Å². The highest BCUT2D eigenvalue weighted by molar-refractivity contribution is 5.93. The average Bonchev–Trinajstić information content (AvgIpc) is 3.59. The maximum Gasteiger partial charge on any atom is 0.244 e. The minimum atomic E-state index is -0.684. The Morgan fingerprint density at radius 3 is 2.67 bits per heavy atom. The molecule has 1 fully saturated rings. The van der Waals surface area contributed by atoms with Crippen LogP contribution in [0.2, 0.25) is 0 Å². The molecule has 1 saturated carbocycles. The number of alkyl halides is 1. The van der Waals surface area contributed by atoms with Crippen LogP contribution < -0.4 is 10.6 Å². The van der Waals surface area contributed by atoms with Crippen molar-refractivity contribution in [2.24, 2.45) is 5.92 Å². The first kappa shape index (κ1) is 21.1. The number of halogens is 1. The van der Waals surface area contributed by atoms with Crippen LogP contribution in [0.3, 0.4) is 0 Å². The molecule has 1 atom stereocenters. The highest BCUT2D eigenvalue weighted by Gasteiger charge is 2.29. The third-order valence-electron chi connectivity index (χ3n) is 4.68. The Bertz CT molecular complexity index is 970. The summed E-state index contributed by atoms with van der Waals surface area (Å²) in [5.74, 6) is 0.0691. The van der Waals surface area contributed by atoms with Crippen LogP contribution in [0.1, 0.15) is 25.5 Å². The van der Waals surface area contributed by atoms with E-state index in [9.17, 15) is 19.2 Å². The number of carbonyl (C=O) groups is 2. The Morgan fingerprint density at radius 2 is 2.07 bits per heavy atom. The van der Waals surface area contributed by atoms with Gasteiger partial charge in [-0.25, -0.2) is 14.4 Å². The molecule has 1 aliphatic carbocycles. The van der Waals surface area contributed by atoms with E-state index in [1.807, 2.05) is 6.07 Å². The lowest BCUT2D eigenvalue weighted by Crippen LogP contribution is -2.40. The van der Waals surface area contributed by atoms with E-state index >= 15 is 0 Å². The first-order chi connectivity index (χ1) is 14.4. The summed E-state index contributed by atoms with van der Waals surface area (Å²) in [5, 5.41) is 15.0. The van der Waals surface area contributed by atoms with Gasteiger partial charge in [-0.3, -0.25) is 14.6 Å². The van der Waals surface area contributed by atoms with Crippen molar-refractivity contribution in [3.05, 3.63) is 30.4 Å². The Labute approximate surface area is 173 Å². The van der Waals surface area contributed by atoms with E-state index in [0.29, 0.717) is 22.8 Å². The molecule has 0 saturated heterocycles. The number of likely N-dealkylation sites (N-methyl/N-ethyl adjacent to an activating group) is 1. The van der Waals surface area contributed by atoms with Crippen LogP contribution in [0.5, 0.6) is 0 Å². The number of nitrogens with one attached hydrogen (secondary N) is 2. The van der Waals surface area contributed by atoms with Gasteiger partial charge in [-0.05, 0) is 25.8 Å². The molecule has 3 rings (SSSR count). The van der Waals surface area contributed by atoms with Gasteiger partial charge in [0.15, 0.2) is 11.5 Å². The van der Waals surface area contributed by atoms with Gasteiger partial charge in [0.2, 0.25) is 11.8 Å². The highest BCUT2D eigenvalue weighted by atomic mass is 19.1. The predicted octanol–water partition coefficient (Wildman–Crippen LogP) is 1.99. The van der Waals surface area contributed by atoms with Crippen molar-refractivity contribution in [1.82, 2.24) is 19.9 Å². The Morgan fingerprint density at radius 1 is 1.30 bits per heavy atom. The average molecular weight is 411 g/mol. The van der Waals surface area contributed by atoms with E-state index in [4.69, 9.17) is 0 Å². The van der Waals surface area contributed by atoms with Crippen molar-refractivity contribution < 1.29 is 14.0 Å². The summed E-state index contributed by atoms with van der Waals surface area (Å²) in [4.78, 5) is 38.0. The van der Waals surface area contributed by atoms with Gasteiger partial charge in [0.1, 0.15) is 18.8 Å². The van der Waals surface area contributed by atoms with E-state index in [1.54, 1.807) is 13.0 Å². The third kappa shape index (κ3) is 5.05. The van der Waals surface area contributed by atoms with Gasteiger partial charge in [-0.15, -0.1) is 0 Å². The molecule has 9 nitrogen and oxygen atoms in total. The van der Waals surface area contributed by atoms with Gasteiger partial charge in [0, 0.05) is 31.3 Å². The monoisotopic (exact) mass is 411 g/mol. The molecule has 0 bridgehead atoms. The number of pyridine rings is 1. The molecule has 0 radical (unpaired) electrons. The molecule has 2 amide bonds. The summed E-state index contributed by atoms with van der Waals surface area (Å²) in [6, 6.07) is 2.94. The first-order valence-electron chi connectivity index (χ1n) is 9.53. The minimum Gasteiger partial charge on any atom is -0.372 e. The first-order valence-corrected chi connectivity index (χ1v) is 9.53. The van der Waals surface area contributed by atoms with Gasteiger partial charge >= 0.3 is 0 Å². The highest BCUT2D eigenvalue weighted by Crippen LogP contribution is 2.30. The van der Waals surface area contributed by atoms with E-state index < -0.39 is 12.7 Å². The maximum atomic E-state index is 12.5. The SMILES string of the molecule is CC(Nc1cc(-c2cnc(NC(=O)C3CC3)cn2)cnc1C#N)C(=O)N(C)CCF. The summed E-state index contributed by atoms with van der Waals surface area (Å²) < 4.78 is 12.5. The lowest BCUT2D eigenvalue weighted by Gasteiger charge is -2.22. The molecule has 30 heavy (non-hydrogen) atoms. The molecule has 0 spiro atoms. The van der Waals surface area contributed by atoms with Gasteiger partial charge in [0.05, 0.1) is 23.8 Å². The lowest BCUT2D eigenvalue weighted by atomic mass is 10.1. The molecule has 2 N–H and O–H groups in total. The molecule has 0 aromatic carbocycles. The number of hydrogen-bond acceptors (Lipinski definition) is 7. The van der Waals surface area contributed by atoms with Crippen molar-refractivity contribution >= 4 is 23.3 Å². The molecular weight excluding hydrogens is 389 g/mol. The molecule has 2 aromatic rings. The van der Waals surface area contributed by atoms with Crippen LogP contribution in [0.15, 0.2) is 24.7 Å². The largest absolute Gasteiger partial charge is 0.372 e. The summed E-state index contributed by atoms with van der Waals surface area (Å²) in [6.45, 7) is 0.987. The summed E-state index contributed by atoms with van der Waals surface area (Å²) in [5.41, 5.74) is 1.55. The van der Waals surface area contributed by atoms with E-state index in [-0.39, 0.29) is 30.0 Å². The predicted molar refractivity (Wildman–Crippen MR) is 108 cm³/mol. The van der Waals surface area contributed by atoms with Crippen molar-refractivity contribution in [3.8, 4) is 17.3 Å². The van der Waals surface area contributed by atoms with Gasteiger partial charge in [0.25, 0.3) is 0 Å². The Balaban J connectivity index is 1.76. The minimum absolute atomic E-state index is 0.00647. The van der Waals surface area contributed by atoms with Crippen LogP contribution >= 0.6 is 0 Å². The van der Waals surface area contributed by atoms with Crippen LogP contribution in [-0.2, 0) is 9.59 Å². The second kappa shape index (κ2) is 9.26. The number of nitriles is 1. The molecular formula is C20H22FN7O2. The zero-order valence-electron chi connectivity index (χ0n) is 16.7. The second-order valence-corrected chi connectivity index (χ2v) is 7.10. The third-order valence-corrected chi connectivity index (χ3v) is 4.68. The summed E-state index contributed by atoms with van der Waals surface area (Å²) in [7, 11) is 1.51. The number of carbonyl (C=O) groups excluding carboxylic acids is 2. The molecule has 1 unspecified atom stereocenters. The van der Waals surface area contributed by atoms with E-state index in [0.717, 1.165) is 12.8 Å². The van der Waals surface area contributed by atoms with E-state index in [2.05, 4.69) is 25.6 Å². The fourth-order valence-corrected chi connectivity index (χ4v) is 2.78. The molecule has 0 aliphatic heterocycles. The second-order valence-electron chi connectivity index (χ2n) is 7.10. The Kier molecular flexibility index (Phi) is 6.51. The number of anilines is 2. The van der Waals surface area contributed by atoms with Crippen LogP contribution in [-0.4, -0.2) is 58.0 Å². The molecule has 10 heteroatoms. The fraction of sp³-hybridized carbons (Fsp3) is 0.400. The Hall–Kier alpha value is -3.61. The number of aromatic nitrogens is 3. The zero-order chi connectivity index (χ0) is 21.7. The smallest absolute Gasteiger partial charge is 0.244 e. The molecule has 2 aromatic heterocycles. The molecule has 2 heterocycles. The summed E-state index contributed by atoms with van der Waals surface area (Å²) in [6.07, 6.45) is 6.24. The molecule has 1 aliphatic rings. The quantitative estimate of drug-likeness (QED) is 0.681. The van der Waals surface area contributed by atoms with Crippen molar-refractivity contribution in [2.45, 2.75) is 25.8 Å². The van der Waals surface area contributed by atoms with Crippen molar-refractivity contribution in [2.75, 3.05) is 30.9 Å². The number of rotatable bonds is 8. The van der Waals surface area contributed by atoms with Crippen molar-refractivity contribution in [3.63, 3.8) is 0 Å². The number of hydrogen-bond donors (Lipinski definition) is 2. The van der Waals surface area contributed by atoms with Gasteiger partial charge in [-0.2, -0.15) is 5.26 Å². The summed E-state index contributed by atoms with van der Waals surface area (Å²) >= 11 is 0. The van der Waals surface area contributed by atoms with E-state index in [1.165, 1.54) is 30.5 Å². The van der Waals surface area contributed by atoms with Crippen molar-refractivity contribution in [1.29, 1.82) is 5.26 Å². The molecule has 156 valence electrons. The number of amides is 2. The fourth-order valence-electron chi connectivity index (χ4n) is 2.78. The zero-order valence-corrected chi connectivity index (χ0v) is 16.7. The van der Waals surface area contributed by atoms with Gasteiger partial charge < -0.3 is 15.5 Å². The maximum absolute atomic E-state index is 12.5. The van der Waals surface area contributed by atoms with Gasteiger partial charge in [-0.1, -0.05) is 0 Å². The standard InChI is InChI=1S/C20H22FN7O2/c1-12(20(30)28(2)6-5-21)26-15-7-14(9-23-16(15)8-22)17-10-25-18(11-24-17)27-19(29)13-3-4-13/h7,9-13,26H,3-6H2,1-2H3,(H,25,27,29). The normalized spacial score (nSPS) is 13.8. The van der Waals surface area contributed by atoms with Crippen LogP contribution in [0, 0.1) is 17.2 Å².